The number of carbonyl (C=O) groups is 1. The second-order valence-electron chi connectivity index (χ2n) is 7.96. The van der Waals surface area contributed by atoms with Gasteiger partial charge in [0.25, 0.3) is 5.91 Å². The van der Waals surface area contributed by atoms with Crippen molar-refractivity contribution in [2.45, 2.75) is 12.8 Å². The molecule has 3 heterocycles. The van der Waals surface area contributed by atoms with Gasteiger partial charge >= 0.3 is 0 Å². The maximum atomic E-state index is 12.4. The highest BCUT2D eigenvalue weighted by Crippen LogP contribution is 2.25. The van der Waals surface area contributed by atoms with Crippen molar-refractivity contribution in [1.29, 1.82) is 0 Å². The van der Waals surface area contributed by atoms with E-state index in [9.17, 15) is 4.79 Å². The van der Waals surface area contributed by atoms with E-state index in [-0.39, 0.29) is 5.91 Å². The third kappa shape index (κ3) is 4.62. The molecule has 1 fully saturated rings. The number of piperidine rings is 1. The lowest BCUT2D eigenvalue weighted by atomic mass is 9.96. The first kappa shape index (κ1) is 19.9. The second-order valence-corrected chi connectivity index (χ2v) is 7.96. The number of aromatic amines is 1. The second kappa shape index (κ2) is 8.98. The van der Waals surface area contributed by atoms with Crippen molar-refractivity contribution in [2.75, 3.05) is 43.5 Å². The van der Waals surface area contributed by atoms with Crippen LogP contribution in [0.15, 0.2) is 54.9 Å². The highest BCUT2D eigenvalue weighted by molar-refractivity contribution is 5.94. The molecular formula is C23H28N6O. The van der Waals surface area contributed by atoms with E-state index in [2.05, 4.69) is 31.5 Å². The molecule has 30 heavy (non-hydrogen) atoms. The maximum Gasteiger partial charge on any atom is 0.251 e. The Morgan fingerprint density at radius 3 is 2.50 bits per heavy atom. The van der Waals surface area contributed by atoms with E-state index in [4.69, 9.17) is 0 Å². The summed E-state index contributed by atoms with van der Waals surface area (Å²) in [6.07, 6.45) is 5.65. The number of hydrogen-bond donors (Lipinski definition) is 2. The third-order valence-corrected chi connectivity index (χ3v) is 5.69. The van der Waals surface area contributed by atoms with Crippen molar-refractivity contribution in [2.24, 2.45) is 5.92 Å². The van der Waals surface area contributed by atoms with Gasteiger partial charge in [0.15, 0.2) is 5.82 Å². The van der Waals surface area contributed by atoms with Crippen molar-refractivity contribution in [1.82, 2.24) is 20.5 Å². The van der Waals surface area contributed by atoms with Gasteiger partial charge in [-0.05, 0) is 55.2 Å². The van der Waals surface area contributed by atoms with E-state index >= 15 is 0 Å². The summed E-state index contributed by atoms with van der Waals surface area (Å²) in [7, 11) is 3.98. The summed E-state index contributed by atoms with van der Waals surface area (Å²) in [5.74, 6) is 1.46. The van der Waals surface area contributed by atoms with Gasteiger partial charge in [-0.25, -0.2) is 0 Å². The van der Waals surface area contributed by atoms with E-state index < -0.39 is 0 Å². The van der Waals surface area contributed by atoms with E-state index in [0.29, 0.717) is 18.0 Å². The fourth-order valence-corrected chi connectivity index (χ4v) is 3.77. The number of aromatic nitrogens is 3. The average Bonchev–Trinajstić information content (AvgIpc) is 3.29. The van der Waals surface area contributed by atoms with Crippen molar-refractivity contribution in [3.05, 3.63) is 60.4 Å². The highest BCUT2D eigenvalue weighted by atomic mass is 16.1. The lowest BCUT2D eigenvalue weighted by Gasteiger charge is -2.32. The molecule has 1 amide bonds. The molecule has 0 unspecified atom stereocenters. The van der Waals surface area contributed by atoms with Crippen LogP contribution in [-0.4, -0.2) is 54.8 Å². The largest absolute Gasteiger partial charge is 0.378 e. The lowest BCUT2D eigenvalue weighted by Crippen LogP contribution is -2.38. The summed E-state index contributed by atoms with van der Waals surface area (Å²) in [4.78, 5) is 20.8. The van der Waals surface area contributed by atoms with Gasteiger partial charge in [-0.2, -0.15) is 5.10 Å². The molecule has 0 bridgehead atoms. The van der Waals surface area contributed by atoms with Gasteiger partial charge in [0.2, 0.25) is 0 Å². The van der Waals surface area contributed by atoms with Gasteiger partial charge in [0.1, 0.15) is 0 Å². The standard InChI is InChI=1S/C23H28N6O/c1-28(2)20-5-3-19(4-6-20)23(30)25-16-17-9-13-29(14-10-17)22-15-21(26-27-22)18-7-11-24-12-8-18/h3-8,11-12,15,17H,9-10,13-14,16H2,1-2H3,(H,25,30)(H,26,27). The number of nitrogens with zero attached hydrogens (tertiary/aromatic N) is 4. The van der Waals surface area contributed by atoms with Crippen LogP contribution in [0.1, 0.15) is 23.2 Å². The predicted molar refractivity (Wildman–Crippen MR) is 120 cm³/mol. The minimum absolute atomic E-state index is 0.00275. The van der Waals surface area contributed by atoms with Crippen molar-refractivity contribution in [3.8, 4) is 11.3 Å². The Hall–Kier alpha value is -3.35. The molecule has 156 valence electrons. The molecule has 0 radical (unpaired) electrons. The van der Waals surface area contributed by atoms with Crippen LogP contribution < -0.4 is 15.1 Å². The summed E-state index contributed by atoms with van der Waals surface area (Å²) >= 11 is 0. The zero-order valence-corrected chi connectivity index (χ0v) is 17.5. The fraction of sp³-hybridized carbons (Fsp3) is 0.348. The number of H-pyrrole nitrogens is 1. The molecule has 1 aliphatic heterocycles. The van der Waals surface area contributed by atoms with Crippen LogP contribution in [0.5, 0.6) is 0 Å². The van der Waals surface area contributed by atoms with Crippen molar-refractivity contribution < 1.29 is 4.79 Å². The van der Waals surface area contributed by atoms with E-state index in [1.807, 2.05) is 55.4 Å². The molecule has 7 heteroatoms. The molecule has 0 aliphatic carbocycles. The smallest absolute Gasteiger partial charge is 0.251 e. The molecule has 1 aromatic carbocycles. The predicted octanol–water partition coefficient (Wildman–Crippen LogP) is 3.18. The lowest BCUT2D eigenvalue weighted by molar-refractivity contribution is 0.0945. The Labute approximate surface area is 177 Å². The first-order valence-electron chi connectivity index (χ1n) is 10.4. The SMILES string of the molecule is CN(C)c1ccc(C(=O)NCC2CCN(c3cc(-c4ccncc4)[nH]n3)CC2)cc1. The number of anilines is 2. The van der Waals surface area contributed by atoms with Crippen molar-refractivity contribution >= 4 is 17.4 Å². The third-order valence-electron chi connectivity index (χ3n) is 5.69. The van der Waals surface area contributed by atoms with Crippen LogP contribution in [0.3, 0.4) is 0 Å². The summed E-state index contributed by atoms with van der Waals surface area (Å²) in [6.45, 7) is 2.60. The molecular weight excluding hydrogens is 376 g/mol. The summed E-state index contributed by atoms with van der Waals surface area (Å²) in [5, 5.41) is 10.7. The van der Waals surface area contributed by atoms with E-state index in [0.717, 1.165) is 48.7 Å². The summed E-state index contributed by atoms with van der Waals surface area (Å²) in [5.41, 5.74) is 3.88. The molecule has 1 aliphatic rings. The Kier molecular flexibility index (Phi) is 5.97. The molecule has 3 aromatic rings. The van der Waals surface area contributed by atoms with Crippen LogP contribution in [0.2, 0.25) is 0 Å². The molecule has 7 nitrogen and oxygen atoms in total. The molecule has 0 saturated carbocycles. The quantitative estimate of drug-likeness (QED) is 0.660. The zero-order valence-electron chi connectivity index (χ0n) is 17.5. The van der Waals surface area contributed by atoms with Gasteiger partial charge in [0.05, 0.1) is 5.69 Å². The Morgan fingerprint density at radius 1 is 1.13 bits per heavy atom. The number of hydrogen-bond acceptors (Lipinski definition) is 5. The summed E-state index contributed by atoms with van der Waals surface area (Å²) in [6, 6.07) is 13.7. The topological polar surface area (TPSA) is 77.2 Å². The van der Waals surface area contributed by atoms with Crippen LogP contribution >= 0.6 is 0 Å². The molecule has 2 aromatic heterocycles. The monoisotopic (exact) mass is 404 g/mol. The molecule has 4 rings (SSSR count). The molecule has 2 N–H and O–H groups in total. The van der Waals surface area contributed by atoms with Crippen molar-refractivity contribution in [3.63, 3.8) is 0 Å². The van der Waals surface area contributed by atoms with Gasteiger partial charge in [-0.15, -0.1) is 0 Å². The number of amides is 1. The Bertz CT molecular complexity index is 959. The zero-order chi connectivity index (χ0) is 20.9. The van der Waals surface area contributed by atoms with E-state index in [1.165, 1.54) is 0 Å². The van der Waals surface area contributed by atoms with E-state index in [1.54, 1.807) is 12.4 Å². The minimum Gasteiger partial charge on any atom is -0.378 e. The molecule has 1 saturated heterocycles. The number of pyridine rings is 1. The van der Waals surface area contributed by atoms with Gasteiger partial charge in [-0.1, -0.05) is 0 Å². The summed E-state index contributed by atoms with van der Waals surface area (Å²) < 4.78 is 0. The maximum absolute atomic E-state index is 12.4. The Morgan fingerprint density at radius 2 is 1.83 bits per heavy atom. The first-order valence-corrected chi connectivity index (χ1v) is 10.4. The highest BCUT2D eigenvalue weighted by Gasteiger charge is 2.22. The van der Waals surface area contributed by atoms with Crippen LogP contribution in [0.25, 0.3) is 11.3 Å². The fourth-order valence-electron chi connectivity index (χ4n) is 3.77. The molecule has 0 spiro atoms. The number of nitrogens with one attached hydrogen (secondary N) is 2. The van der Waals surface area contributed by atoms with Gasteiger partial charge in [0, 0.05) is 69.0 Å². The minimum atomic E-state index is -0.00275. The Balaban J connectivity index is 1.26. The van der Waals surface area contributed by atoms with Gasteiger partial charge < -0.3 is 15.1 Å². The van der Waals surface area contributed by atoms with Gasteiger partial charge in [-0.3, -0.25) is 14.9 Å². The number of carbonyl (C=O) groups excluding carboxylic acids is 1. The number of benzene rings is 1. The molecule has 0 atom stereocenters. The van der Waals surface area contributed by atoms with Crippen LogP contribution in [0, 0.1) is 5.92 Å². The van der Waals surface area contributed by atoms with Crippen LogP contribution in [-0.2, 0) is 0 Å². The number of rotatable bonds is 6. The average molecular weight is 405 g/mol. The van der Waals surface area contributed by atoms with Crippen LogP contribution in [0.4, 0.5) is 11.5 Å². The first-order chi connectivity index (χ1) is 14.6. The normalized spacial score (nSPS) is 14.5.